The molecule has 0 aromatic heterocycles. The van der Waals surface area contributed by atoms with Crippen molar-refractivity contribution < 1.29 is 43.7 Å². The van der Waals surface area contributed by atoms with Crippen molar-refractivity contribution in [2.75, 3.05) is 20.3 Å². The number of carboxylic acids is 2. The first-order chi connectivity index (χ1) is 21.7. The van der Waals surface area contributed by atoms with Gasteiger partial charge in [0.1, 0.15) is 23.4 Å². The lowest BCUT2D eigenvalue weighted by Crippen LogP contribution is -2.55. The fourth-order valence-electron chi connectivity index (χ4n) is 4.55. The lowest BCUT2D eigenvalue weighted by Gasteiger charge is -2.23. The molecular weight excluding hydrogens is 582 g/mol. The third-order valence-corrected chi connectivity index (χ3v) is 6.81. The Kier molecular flexibility index (Phi) is 13.4. The van der Waals surface area contributed by atoms with Gasteiger partial charge in [0.05, 0.1) is 7.11 Å². The number of aliphatic carboxylic acids is 1. The fourth-order valence-corrected chi connectivity index (χ4v) is 4.55. The lowest BCUT2D eigenvalue weighted by atomic mass is 10.0. The van der Waals surface area contributed by atoms with Crippen molar-refractivity contribution in [2.45, 2.75) is 44.2 Å². The van der Waals surface area contributed by atoms with Crippen molar-refractivity contribution in [1.29, 1.82) is 0 Å². The van der Waals surface area contributed by atoms with Gasteiger partial charge in [-0.15, -0.1) is 0 Å². The molecular formula is C33H37N3O9. The molecule has 0 saturated heterocycles. The van der Waals surface area contributed by atoms with Crippen LogP contribution in [0.1, 0.15) is 39.9 Å². The number of nitrogens with one attached hydrogen (secondary N) is 3. The van der Waals surface area contributed by atoms with E-state index in [2.05, 4.69) is 16.0 Å². The highest BCUT2D eigenvalue weighted by Crippen LogP contribution is 2.21. The number of ether oxygens (including phenoxy) is 2. The average molecular weight is 620 g/mol. The summed E-state index contributed by atoms with van der Waals surface area (Å²) < 4.78 is 9.79. The van der Waals surface area contributed by atoms with Gasteiger partial charge in [-0.3, -0.25) is 9.59 Å². The Hall–Kier alpha value is -5.39. The minimum atomic E-state index is -1.36. The topological polar surface area (TPSA) is 180 Å². The van der Waals surface area contributed by atoms with Gasteiger partial charge >= 0.3 is 18.0 Å². The van der Waals surface area contributed by atoms with Gasteiger partial charge in [0.15, 0.2) is 6.61 Å². The highest BCUT2D eigenvalue weighted by atomic mass is 16.5. The number of unbranched alkanes of at least 4 members (excludes halogenated alkanes) is 1. The van der Waals surface area contributed by atoms with Crippen LogP contribution in [0, 0.1) is 0 Å². The summed E-state index contributed by atoms with van der Waals surface area (Å²) in [5, 5.41) is 26.6. The Bertz CT molecular complexity index is 1450. The molecule has 0 saturated carbocycles. The molecule has 12 heteroatoms. The Morgan fingerprint density at radius 3 is 1.98 bits per heavy atom. The first kappa shape index (κ1) is 34.1. The summed E-state index contributed by atoms with van der Waals surface area (Å²) in [6.45, 7) is -0.394. The van der Waals surface area contributed by atoms with E-state index < -0.39 is 48.5 Å². The number of hydrogen-bond donors (Lipinski definition) is 5. The number of hydrogen-bond acceptors (Lipinski definition) is 7. The molecule has 0 aliphatic carbocycles. The van der Waals surface area contributed by atoms with Gasteiger partial charge < -0.3 is 35.6 Å². The van der Waals surface area contributed by atoms with Crippen molar-refractivity contribution in [2.24, 2.45) is 0 Å². The molecule has 3 aromatic rings. The molecule has 2 unspecified atom stereocenters. The molecule has 3 amide bonds. The van der Waals surface area contributed by atoms with E-state index in [1.54, 1.807) is 24.3 Å². The van der Waals surface area contributed by atoms with Crippen LogP contribution in [0.2, 0.25) is 0 Å². The molecule has 0 aliphatic rings. The monoisotopic (exact) mass is 619 g/mol. The predicted octanol–water partition coefficient (Wildman–Crippen LogP) is 2.98. The highest BCUT2D eigenvalue weighted by Gasteiger charge is 2.28. The van der Waals surface area contributed by atoms with Crippen molar-refractivity contribution in [3.63, 3.8) is 0 Å². The van der Waals surface area contributed by atoms with E-state index in [0.717, 1.165) is 18.4 Å². The van der Waals surface area contributed by atoms with Crippen LogP contribution in [0.3, 0.4) is 0 Å². The normalized spacial score (nSPS) is 11.8. The number of carbonyl (C=O) groups is 5. The predicted molar refractivity (Wildman–Crippen MR) is 164 cm³/mol. The van der Waals surface area contributed by atoms with E-state index in [1.165, 1.54) is 30.9 Å². The second-order valence-corrected chi connectivity index (χ2v) is 10.2. The van der Waals surface area contributed by atoms with E-state index >= 15 is 0 Å². The summed E-state index contributed by atoms with van der Waals surface area (Å²) in [6, 6.07) is 20.7. The van der Waals surface area contributed by atoms with Crippen LogP contribution in [-0.2, 0) is 38.4 Å². The van der Waals surface area contributed by atoms with Gasteiger partial charge in [-0.1, -0.05) is 66.7 Å². The van der Waals surface area contributed by atoms with Crippen LogP contribution < -0.4 is 20.7 Å². The summed E-state index contributed by atoms with van der Waals surface area (Å²) in [5.41, 5.74) is 2.02. The van der Waals surface area contributed by atoms with Crippen molar-refractivity contribution in [3.05, 3.63) is 101 Å². The smallest absolute Gasteiger partial charge is 0.407 e. The number of aromatic carboxylic acids is 1. The van der Waals surface area contributed by atoms with E-state index in [1.807, 2.05) is 36.4 Å². The number of carboxylic acid groups (broad SMARTS) is 2. The third kappa shape index (κ3) is 11.7. The van der Waals surface area contributed by atoms with Gasteiger partial charge in [0.2, 0.25) is 11.8 Å². The maximum atomic E-state index is 13.5. The second kappa shape index (κ2) is 17.7. The molecule has 3 rings (SSSR count). The highest BCUT2D eigenvalue weighted by molar-refractivity contribution is 5.93. The fraction of sp³-hybridized carbons (Fsp3) is 0.303. The maximum Gasteiger partial charge on any atom is 0.407 e. The zero-order chi connectivity index (χ0) is 32.6. The standard InChI is InChI=1S/C33H37N3O9/c1-44-33(43)36-27(19-23-13-6-3-7-14-23)31(40)35-26(30(39)34-17-9-8-12-22-10-4-2-5-11-22)20-24-15-16-28(45-21-29(37)38)25(18-24)32(41)42/h2-7,10-11,13-16,18,26-27H,8-9,12,17,19-21H2,1H3,(H,34,39)(H,35,40)(H,36,43)(H,37,38)(H,41,42). The first-order valence-electron chi connectivity index (χ1n) is 14.4. The van der Waals surface area contributed by atoms with Crippen LogP contribution in [0.4, 0.5) is 4.79 Å². The lowest BCUT2D eigenvalue weighted by molar-refractivity contribution is -0.139. The second-order valence-electron chi connectivity index (χ2n) is 10.2. The number of methoxy groups -OCH3 is 1. The molecule has 5 N–H and O–H groups in total. The third-order valence-electron chi connectivity index (χ3n) is 6.81. The van der Waals surface area contributed by atoms with Gasteiger partial charge in [-0.25, -0.2) is 14.4 Å². The summed E-state index contributed by atoms with van der Waals surface area (Å²) in [4.78, 5) is 61.7. The molecule has 45 heavy (non-hydrogen) atoms. The molecule has 2 atom stereocenters. The van der Waals surface area contributed by atoms with Crippen molar-refractivity contribution in [3.8, 4) is 5.75 Å². The quantitative estimate of drug-likeness (QED) is 0.142. The van der Waals surface area contributed by atoms with E-state index in [0.29, 0.717) is 18.5 Å². The zero-order valence-electron chi connectivity index (χ0n) is 24.9. The molecule has 3 aromatic carbocycles. The molecule has 0 spiro atoms. The van der Waals surface area contributed by atoms with Crippen LogP contribution in [-0.4, -0.2) is 72.4 Å². The molecule has 0 heterocycles. The summed E-state index contributed by atoms with van der Waals surface area (Å²) in [5.74, 6) is -3.92. The molecule has 0 radical (unpaired) electrons. The van der Waals surface area contributed by atoms with Crippen LogP contribution in [0.25, 0.3) is 0 Å². The number of aryl methyl sites for hydroxylation is 1. The number of carbonyl (C=O) groups excluding carboxylic acids is 3. The van der Waals surface area contributed by atoms with Gasteiger partial charge in [-0.2, -0.15) is 0 Å². The maximum absolute atomic E-state index is 13.5. The number of rotatable bonds is 17. The largest absolute Gasteiger partial charge is 0.481 e. The molecule has 0 aliphatic heterocycles. The van der Waals surface area contributed by atoms with Gasteiger partial charge in [-0.05, 0) is 48.1 Å². The van der Waals surface area contributed by atoms with Crippen LogP contribution in [0.15, 0.2) is 78.9 Å². The van der Waals surface area contributed by atoms with Crippen molar-refractivity contribution >= 4 is 29.8 Å². The number of amides is 3. The van der Waals surface area contributed by atoms with E-state index in [9.17, 15) is 29.1 Å². The van der Waals surface area contributed by atoms with E-state index in [4.69, 9.17) is 14.6 Å². The Balaban J connectivity index is 1.78. The number of benzene rings is 3. The summed E-state index contributed by atoms with van der Waals surface area (Å²) in [6.07, 6.45) is 1.54. The molecule has 238 valence electrons. The Labute approximate surface area is 260 Å². The molecule has 12 nitrogen and oxygen atoms in total. The van der Waals surface area contributed by atoms with E-state index in [-0.39, 0.29) is 24.2 Å². The average Bonchev–Trinajstić information content (AvgIpc) is 3.03. The molecule has 0 fully saturated rings. The van der Waals surface area contributed by atoms with Gasteiger partial charge in [0, 0.05) is 19.4 Å². The van der Waals surface area contributed by atoms with Crippen molar-refractivity contribution in [1.82, 2.24) is 16.0 Å². The minimum absolute atomic E-state index is 0.0998. The zero-order valence-corrected chi connectivity index (χ0v) is 24.9. The summed E-state index contributed by atoms with van der Waals surface area (Å²) >= 11 is 0. The number of alkyl carbamates (subject to hydrolysis) is 1. The Morgan fingerprint density at radius 2 is 1.36 bits per heavy atom. The molecule has 0 bridgehead atoms. The SMILES string of the molecule is COC(=O)NC(Cc1ccccc1)C(=O)NC(Cc1ccc(OCC(=O)O)c(C(=O)O)c1)C(=O)NCCCCc1ccccc1. The van der Waals surface area contributed by atoms with Gasteiger partial charge in [0.25, 0.3) is 0 Å². The summed E-state index contributed by atoms with van der Waals surface area (Å²) in [7, 11) is 1.17. The minimum Gasteiger partial charge on any atom is -0.481 e. The van der Waals surface area contributed by atoms with Crippen LogP contribution in [0.5, 0.6) is 5.75 Å². The Morgan fingerprint density at radius 1 is 0.733 bits per heavy atom. The first-order valence-corrected chi connectivity index (χ1v) is 14.4. The van der Waals surface area contributed by atoms with Crippen LogP contribution >= 0.6 is 0 Å².